The number of H-pyrrole nitrogens is 1. The highest BCUT2D eigenvalue weighted by atomic mass is 16.5. The van der Waals surface area contributed by atoms with Gasteiger partial charge < -0.3 is 24.1 Å². The lowest BCUT2D eigenvalue weighted by molar-refractivity contribution is 0.0748. The largest absolute Gasteiger partial charge is 0.497 e. The Hall–Kier alpha value is -3.55. The summed E-state index contributed by atoms with van der Waals surface area (Å²) in [5.74, 6) is 1.73. The smallest absolute Gasteiger partial charge is 0.258 e. The molecule has 29 heavy (non-hydrogen) atoms. The van der Waals surface area contributed by atoms with Gasteiger partial charge in [0.05, 0.1) is 38.8 Å². The molecule has 0 saturated carbocycles. The molecular weight excluding hydrogens is 374 g/mol. The van der Waals surface area contributed by atoms with Crippen molar-refractivity contribution in [2.45, 2.75) is 13.5 Å². The van der Waals surface area contributed by atoms with Crippen LogP contribution in [0.25, 0.3) is 10.9 Å². The number of methoxy groups -OCH3 is 3. The van der Waals surface area contributed by atoms with Crippen LogP contribution in [0.1, 0.15) is 23.1 Å². The molecule has 0 aliphatic carbocycles. The molecule has 3 aromatic rings. The first-order chi connectivity index (χ1) is 14.0. The van der Waals surface area contributed by atoms with Gasteiger partial charge in [-0.1, -0.05) is 6.07 Å². The molecule has 0 radical (unpaired) electrons. The summed E-state index contributed by atoms with van der Waals surface area (Å²) in [4.78, 5) is 34.3. The van der Waals surface area contributed by atoms with Gasteiger partial charge in [0.15, 0.2) is 11.5 Å². The Labute approximate surface area is 168 Å². The monoisotopic (exact) mass is 397 g/mol. The molecule has 0 spiro atoms. The number of hydrogen-bond acceptors (Lipinski definition) is 6. The minimum atomic E-state index is -0.309. The van der Waals surface area contributed by atoms with Gasteiger partial charge in [-0.2, -0.15) is 0 Å². The van der Waals surface area contributed by atoms with Crippen molar-refractivity contribution in [1.29, 1.82) is 0 Å². The zero-order chi connectivity index (χ0) is 21.0. The molecule has 0 unspecified atom stereocenters. The fraction of sp³-hybridized carbons (Fsp3) is 0.286. The van der Waals surface area contributed by atoms with Crippen LogP contribution >= 0.6 is 0 Å². The van der Waals surface area contributed by atoms with Crippen molar-refractivity contribution in [2.75, 3.05) is 27.9 Å². The van der Waals surface area contributed by atoms with Crippen LogP contribution < -0.4 is 19.8 Å². The highest BCUT2D eigenvalue weighted by molar-refractivity contribution is 5.94. The fourth-order valence-corrected chi connectivity index (χ4v) is 3.04. The van der Waals surface area contributed by atoms with Gasteiger partial charge in [-0.3, -0.25) is 9.59 Å². The number of carbonyl (C=O) groups is 1. The van der Waals surface area contributed by atoms with Gasteiger partial charge in [0.1, 0.15) is 11.6 Å². The summed E-state index contributed by atoms with van der Waals surface area (Å²) in [7, 11) is 4.57. The number of aromatic nitrogens is 2. The number of ether oxygens (including phenoxy) is 3. The van der Waals surface area contributed by atoms with E-state index in [-0.39, 0.29) is 18.0 Å². The van der Waals surface area contributed by atoms with Crippen LogP contribution in [-0.2, 0) is 6.54 Å². The second-order valence-electron chi connectivity index (χ2n) is 6.29. The SMILES string of the molecule is CCN(Cc1nc2cc(OC)c(OC)cc2c(=O)[nH]1)C(=O)c1cccc(OC)c1. The number of hydrogen-bond donors (Lipinski definition) is 1. The van der Waals surface area contributed by atoms with E-state index in [1.807, 2.05) is 6.92 Å². The molecule has 0 aliphatic rings. The van der Waals surface area contributed by atoms with Crippen molar-refractivity contribution in [3.8, 4) is 17.2 Å². The molecule has 152 valence electrons. The van der Waals surface area contributed by atoms with Crippen LogP contribution in [0, 0.1) is 0 Å². The summed E-state index contributed by atoms with van der Waals surface area (Å²) < 4.78 is 15.7. The fourth-order valence-electron chi connectivity index (χ4n) is 3.04. The topological polar surface area (TPSA) is 93.8 Å². The highest BCUT2D eigenvalue weighted by Gasteiger charge is 2.18. The van der Waals surface area contributed by atoms with E-state index in [1.165, 1.54) is 14.2 Å². The van der Waals surface area contributed by atoms with Crippen molar-refractivity contribution in [3.63, 3.8) is 0 Å². The van der Waals surface area contributed by atoms with Crippen molar-refractivity contribution in [1.82, 2.24) is 14.9 Å². The Balaban J connectivity index is 1.94. The molecule has 0 aliphatic heterocycles. The van der Waals surface area contributed by atoms with E-state index >= 15 is 0 Å². The summed E-state index contributed by atoms with van der Waals surface area (Å²) >= 11 is 0. The van der Waals surface area contributed by atoms with E-state index in [1.54, 1.807) is 48.4 Å². The lowest BCUT2D eigenvalue weighted by atomic mass is 10.2. The molecule has 1 aromatic heterocycles. The van der Waals surface area contributed by atoms with Crippen LogP contribution in [-0.4, -0.2) is 48.6 Å². The average Bonchev–Trinajstić information content (AvgIpc) is 2.76. The Kier molecular flexibility index (Phi) is 6.01. The van der Waals surface area contributed by atoms with Crippen LogP contribution in [0.4, 0.5) is 0 Å². The van der Waals surface area contributed by atoms with Crippen molar-refractivity contribution in [2.24, 2.45) is 0 Å². The lowest BCUT2D eigenvalue weighted by Crippen LogP contribution is -2.32. The molecule has 0 fully saturated rings. The van der Waals surface area contributed by atoms with Crippen molar-refractivity contribution in [3.05, 3.63) is 58.1 Å². The highest BCUT2D eigenvalue weighted by Crippen LogP contribution is 2.30. The van der Waals surface area contributed by atoms with Gasteiger partial charge in [0.25, 0.3) is 11.5 Å². The zero-order valence-electron chi connectivity index (χ0n) is 16.8. The molecule has 1 N–H and O–H groups in total. The number of nitrogens with one attached hydrogen (secondary N) is 1. The van der Waals surface area contributed by atoms with Gasteiger partial charge in [-0.05, 0) is 31.2 Å². The molecule has 3 rings (SSSR count). The Morgan fingerprint density at radius 1 is 1.07 bits per heavy atom. The van der Waals surface area contributed by atoms with Crippen molar-refractivity contribution >= 4 is 16.8 Å². The van der Waals surface area contributed by atoms with E-state index in [9.17, 15) is 9.59 Å². The van der Waals surface area contributed by atoms with Gasteiger partial charge >= 0.3 is 0 Å². The zero-order valence-corrected chi connectivity index (χ0v) is 16.8. The molecule has 1 amide bonds. The van der Waals surface area contributed by atoms with E-state index in [2.05, 4.69) is 9.97 Å². The molecule has 8 heteroatoms. The third-order valence-corrected chi connectivity index (χ3v) is 4.59. The summed E-state index contributed by atoms with van der Waals surface area (Å²) in [6, 6.07) is 10.2. The van der Waals surface area contributed by atoms with E-state index in [4.69, 9.17) is 14.2 Å². The first-order valence-corrected chi connectivity index (χ1v) is 9.09. The van der Waals surface area contributed by atoms with Gasteiger partial charge in [-0.25, -0.2) is 4.98 Å². The molecule has 2 aromatic carbocycles. The predicted molar refractivity (Wildman–Crippen MR) is 109 cm³/mol. The second kappa shape index (κ2) is 8.64. The molecule has 0 saturated heterocycles. The number of aromatic amines is 1. The van der Waals surface area contributed by atoms with Crippen LogP contribution in [0.5, 0.6) is 17.2 Å². The normalized spacial score (nSPS) is 10.6. The molecular formula is C21H23N3O5. The lowest BCUT2D eigenvalue weighted by Gasteiger charge is -2.21. The number of fused-ring (bicyclic) bond motifs is 1. The number of amides is 1. The minimum absolute atomic E-state index is 0.159. The van der Waals surface area contributed by atoms with E-state index in [0.717, 1.165) is 0 Å². The average molecular weight is 397 g/mol. The molecule has 0 bridgehead atoms. The number of carbonyl (C=O) groups excluding carboxylic acids is 1. The molecule has 0 atom stereocenters. The Bertz CT molecular complexity index is 1090. The standard InChI is InChI=1S/C21H23N3O5/c1-5-24(21(26)13-7-6-8-14(9-13)27-2)12-19-22-16-11-18(29-4)17(28-3)10-15(16)20(25)23-19/h6-11H,5,12H2,1-4H3,(H,22,23,25). The summed E-state index contributed by atoms with van der Waals surface area (Å²) in [5.41, 5.74) is 0.655. The Morgan fingerprint density at radius 2 is 1.79 bits per heavy atom. The van der Waals surface area contributed by atoms with Gasteiger partial charge in [0.2, 0.25) is 0 Å². The molecule has 1 heterocycles. The summed E-state index contributed by atoms with van der Waals surface area (Å²) in [6.45, 7) is 2.47. The molecule has 8 nitrogen and oxygen atoms in total. The second-order valence-corrected chi connectivity index (χ2v) is 6.29. The maximum absolute atomic E-state index is 12.9. The maximum Gasteiger partial charge on any atom is 0.258 e. The predicted octanol–water partition coefficient (Wildman–Crippen LogP) is 2.61. The van der Waals surface area contributed by atoms with Crippen molar-refractivity contribution < 1.29 is 19.0 Å². The van der Waals surface area contributed by atoms with Crippen LogP contribution in [0.3, 0.4) is 0 Å². The number of nitrogens with zero attached hydrogens (tertiary/aromatic N) is 2. The third-order valence-electron chi connectivity index (χ3n) is 4.59. The Morgan fingerprint density at radius 3 is 2.45 bits per heavy atom. The van der Waals surface area contributed by atoms with Gasteiger partial charge in [-0.15, -0.1) is 0 Å². The maximum atomic E-state index is 12.9. The van der Waals surface area contributed by atoms with E-state index < -0.39 is 0 Å². The first kappa shape index (κ1) is 20.2. The quantitative estimate of drug-likeness (QED) is 0.659. The van der Waals surface area contributed by atoms with Crippen LogP contribution in [0.2, 0.25) is 0 Å². The summed E-state index contributed by atoms with van der Waals surface area (Å²) in [6.07, 6.45) is 0. The third kappa shape index (κ3) is 4.16. The minimum Gasteiger partial charge on any atom is -0.497 e. The van der Waals surface area contributed by atoms with Gasteiger partial charge in [0, 0.05) is 18.2 Å². The van der Waals surface area contributed by atoms with E-state index in [0.29, 0.717) is 46.1 Å². The van der Waals surface area contributed by atoms with Crippen LogP contribution in [0.15, 0.2) is 41.2 Å². The first-order valence-electron chi connectivity index (χ1n) is 9.09. The number of benzene rings is 2. The summed E-state index contributed by atoms with van der Waals surface area (Å²) in [5, 5.41) is 0.383. The number of rotatable bonds is 7.